The Balaban J connectivity index is 1.45. The van der Waals surface area contributed by atoms with Gasteiger partial charge in [-0.2, -0.15) is 4.57 Å². The second-order valence-corrected chi connectivity index (χ2v) is 9.85. The van der Waals surface area contributed by atoms with Crippen molar-refractivity contribution in [2.24, 2.45) is 7.05 Å². The zero-order valence-electron chi connectivity index (χ0n) is 21.5. The SMILES string of the molecule is CN1/C(=C/C=C/C=C/c2cc(-c3ccccc3)[n+](C)c(-c3ccccc3)c2)C(C)(C)c2ccccc21. The van der Waals surface area contributed by atoms with Gasteiger partial charge >= 0.3 is 0 Å². The van der Waals surface area contributed by atoms with Gasteiger partial charge in [0, 0.05) is 47.1 Å². The first-order valence-electron chi connectivity index (χ1n) is 12.5. The van der Waals surface area contributed by atoms with E-state index in [0.717, 1.165) is 0 Å². The number of fused-ring (bicyclic) bond motifs is 1. The van der Waals surface area contributed by atoms with Crippen LogP contribution in [0.2, 0.25) is 0 Å². The lowest BCUT2D eigenvalue weighted by Crippen LogP contribution is -2.34. The van der Waals surface area contributed by atoms with Crippen molar-refractivity contribution in [1.29, 1.82) is 0 Å². The molecule has 0 amide bonds. The van der Waals surface area contributed by atoms with E-state index in [-0.39, 0.29) is 5.41 Å². The topological polar surface area (TPSA) is 7.12 Å². The molecule has 2 nitrogen and oxygen atoms in total. The van der Waals surface area contributed by atoms with Crippen LogP contribution >= 0.6 is 0 Å². The first-order valence-corrected chi connectivity index (χ1v) is 12.5. The number of hydrogen-bond acceptors (Lipinski definition) is 1. The molecular formula is C34H33N2+. The lowest BCUT2D eigenvalue weighted by molar-refractivity contribution is -0.649. The van der Waals surface area contributed by atoms with Crippen molar-refractivity contribution < 1.29 is 4.57 Å². The highest BCUT2D eigenvalue weighted by Crippen LogP contribution is 2.46. The third-order valence-electron chi connectivity index (χ3n) is 7.17. The summed E-state index contributed by atoms with van der Waals surface area (Å²) < 4.78 is 2.28. The fourth-order valence-corrected chi connectivity index (χ4v) is 5.23. The summed E-state index contributed by atoms with van der Waals surface area (Å²) in [6.07, 6.45) is 10.8. The van der Waals surface area contributed by atoms with Crippen molar-refractivity contribution in [3.63, 3.8) is 0 Å². The van der Waals surface area contributed by atoms with Crippen molar-refractivity contribution in [2.75, 3.05) is 11.9 Å². The van der Waals surface area contributed by atoms with E-state index >= 15 is 0 Å². The minimum Gasteiger partial charge on any atom is -0.347 e. The molecule has 0 bridgehead atoms. The molecule has 4 aromatic rings. The molecule has 178 valence electrons. The van der Waals surface area contributed by atoms with Crippen molar-refractivity contribution in [2.45, 2.75) is 19.3 Å². The highest BCUT2D eigenvalue weighted by Gasteiger charge is 2.37. The van der Waals surface area contributed by atoms with Gasteiger partial charge in [0.2, 0.25) is 11.4 Å². The van der Waals surface area contributed by atoms with E-state index in [1.165, 1.54) is 45.0 Å². The highest BCUT2D eigenvalue weighted by atomic mass is 15.2. The number of aromatic nitrogens is 1. The van der Waals surface area contributed by atoms with Crippen molar-refractivity contribution in [1.82, 2.24) is 0 Å². The summed E-state index contributed by atoms with van der Waals surface area (Å²) >= 11 is 0. The van der Waals surface area contributed by atoms with Crippen LogP contribution in [0.3, 0.4) is 0 Å². The second kappa shape index (κ2) is 9.83. The number of para-hydroxylation sites is 1. The van der Waals surface area contributed by atoms with Crippen LogP contribution < -0.4 is 9.47 Å². The summed E-state index contributed by atoms with van der Waals surface area (Å²) in [4.78, 5) is 2.30. The van der Waals surface area contributed by atoms with E-state index in [1.807, 2.05) is 0 Å². The predicted octanol–water partition coefficient (Wildman–Crippen LogP) is 7.73. The van der Waals surface area contributed by atoms with Gasteiger partial charge < -0.3 is 4.90 Å². The molecule has 2 heterocycles. The Morgan fingerprint density at radius 3 is 1.83 bits per heavy atom. The lowest BCUT2D eigenvalue weighted by Gasteiger charge is -2.23. The smallest absolute Gasteiger partial charge is 0.213 e. The maximum absolute atomic E-state index is 2.30. The minimum absolute atomic E-state index is 0.0112. The molecule has 0 unspecified atom stereocenters. The molecule has 0 radical (unpaired) electrons. The first kappa shape index (κ1) is 23.6. The fraction of sp³-hybridized carbons (Fsp3) is 0.147. The number of anilines is 1. The zero-order valence-corrected chi connectivity index (χ0v) is 21.5. The van der Waals surface area contributed by atoms with E-state index in [1.54, 1.807) is 0 Å². The molecule has 3 aromatic carbocycles. The van der Waals surface area contributed by atoms with Crippen molar-refractivity contribution >= 4 is 11.8 Å². The predicted molar refractivity (Wildman–Crippen MR) is 153 cm³/mol. The van der Waals surface area contributed by atoms with Gasteiger partial charge in [-0.15, -0.1) is 0 Å². The summed E-state index contributed by atoms with van der Waals surface area (Å²) in [7, 11) is 4.30. The van der Waals surface area contributed by atoms with E-state index < -0.39 is 0 Å². The average Bonchev–Trinajstić information content (AvgIpc) is 3.10. The molecule has 0 N–H and O–H groups in total. The Labute approximate surface area is 215 Å². The van der Waals surface area contributed by atoms with Gasteiger partial charge in [-0.1, -0.05) is 92.7 Å². The number of pyridine rings is 1. The number of rotatable bonds is 5. The Morgan fingerprint density at radius 1 is 0.694 bits per heavy atom. The Hall–Kier alpha value is -4.17. The van der Waals surface area contributed by atoms with Gasteiger partial charge in [0.15, 0.2) is 0 Å². The summed E-state index contributed by atoms with van der Waals surface area (Å²) in [5.41, 5.74) is 9.93. The number of likely N-dealkylation sites (N-methyl/N-ethyl adjacent to an activating group) is 1. The molecule has 1 aliphatic rings. The minimum atomic E-state index is -0.0112. The normalized spacial score (nSPS) is 15.8. The molecule has 0 saturated carbocycles. The average molecular weight is 470 g/mol. The molecular weight excluding hydrogens is 436 g/mol. The molecule has 1 aromatic heterocycles. The summed E-state index contributed by atoms with van der Waals surface area (Å²) in [6, 6.07) is 34.4. The number of allylic oxidation sites excluding steroid dienone is 5. The van der Waals surface area contributed by atoms with E-state index in [0.29, 0.717) is 0 Å². The highest BCUT2D eigenvalue weighted by molar-refractivity contribution is 5.70. The van der Waals surface area contributed by atoms with Gasteiger partial charge in [-0.25, -0.2) is 0 Å². The molecule has 0 saturated heterocycles. The van der Waals surface area contributed by atoms with Crippen molar-refractivity contribution in [3.8, 4) is 22.5 Å². The van der Waals surface area contributed by atoms with Crippen LogP contribution in [0.15, 0.2) is 127 Å². The van der Waals surface area contributed by atoms with Crippen LogP contribution in [0.25, 0.3) is 28.6 Å². The fourth-order valence-electron chi connectivity index (χ4n) is 5.23. The van der Waals surface area contributed by atoms with Crippen LogP contribution in [-0.2, 0) is 12.5 Å². The quantitative estimate of drug-likeness (QED) is 0.214. The van der Waals surface area contributed by atoms with Crippen LogP contribution in [0, 0.1) is 0 Å². The van der Waals surface area contributed by atoms with Gasteiger partial charge in [0.05, 0.1) is 0 Å². The molecule has 0 aliphatic carbocycles. The second-order valence-electron chi connectivity index (χ2n) is 9.85. The van der Waals surface area contributed by atoms with Gasteiger partial charge in [-0.3, -0.25) is 0 Å². The Morgan fingerprint density at radius 2 is 1.25 bits per heavy atom. The molecule has 0 atom stereocenters. The number of benzene rings is 3. The largest absolute Gasteiger partial charge is 0.347 e. The van der Waals surface area contributed by atoms with Crippen LogP contribution in [0.4, 0.5) is 5.69 Å². The van der Waals surface area contributed by atoms with E-state index in [4.69, 9.17) is 0 Å². The standard InChI is InChI=1S/C34H33N2/c1-34(2)29-21-14-15-22-30(29)36(4)33(34)23-13-5-8-16-26-24-31(27-17-9-6-10-18-27)35(3)32(25-26)28-19-11-7-12-20-28/h5-25H,1-4H3/q+1. The zero-order chi connectivity index (χ0) is 25.1. The lowest BCUT2D eigenvalue weighted by atomic mass is 9.84. The van der Waals surface area contributed by atoms with Crippen LogP contribution in [0.5, 0.6) is 0 Å². The summed E-state index contributed by atoms with van der Waals surface area (Å²) in [5.74, 6) is 0. The third-order valence-corrected chi connectivity index (χ3v) is 7.17. The maximum atomic E-state index is 2.30. The van der Waals surface area contributed by atoms with E-state index in [9.17, 15) is 0 Å². The third kappa shape index (κ3) is 4.43. The summed E-state index contributed by atoms with van der Waals surface area (Å²) in [5, 5.41) is 0. The first-order chi connectivity index (χ1) is 17.5. The molecule has 5 rings (SSSR count). The Bertz CT molecular complexity index is 1400. The van der Waals surface area contributed by atoms with Crippen LogP contribution in [-0.4, -0.2) is 7.05 Å². The summed E-state index contributed by atoms with van der Waals surface area (Å²) in [6.45, 7) is 4.59. The Kier molecular flexibility index (Phi) is 6.43. The monoisotopic (exact) mass is 469 g/mol. The van der Waals surface area contributed by atoms with Gasteiger partial charge in [0.25, 0.3) is 0 Å². The van der Waals surface area contributed by atoms with Crippen molar-refractivity contribution in [3.05, 3.63) is 138 Å². The molecule has 2 heteroatoms. The van der Waals surface area contributed by atoms with Gasteiger partial charge in [-0.05, 0) is 47.5 Å². The van der Waals surface area contributed by atoms with E-state index in [2.05, 4.69) is 165 Å². The number of nitrogens with zero attached hydrogens (tertiary/aromatic N) is 2. The number of hydrogen-bond donors (Lipinski definition) is 0. The molecule has 0 spiro atoms. The van der Waals surface area contributed by atoms with Gasteiger partial charge in [0.1, 0.15) is 7.05 Å². The molecule has 1 aliphatic heterocycles. The maximum Gasteiger partial charge on any atom is 0.213 e. The van der Waals surface area contributed by atoms with Crippen LogP contribution in [0.1, 0.15) is 25.0 Å². The molecule has 36 heavy (non-hydrogen) atoms. The molecule has 0 fully saturated rings.